The number of halogens is 3. The van der Waals surface area contributed by atoms with Gasteiger partial charge in [-0.3, -0.25) is 0 Å². The van der Waals surface area contributed by atoms with Gasteiger partial charge < -0.3 is 19.1 Å². The molecule has 0 radical (unpaired) electrons. The van der Waals surface area contributed by atoms with E-state index in [9.17, 15) is 23.5 Å². The summed E-state index contributed by atoms with van der Waals surface area (Å²) in [6.45, 7) is -1.64. The van der Waals surface area contributed by atoms with Crippen LogP contribution in [0.4, 0.5) is 13.2 Å². The monoisotopic (exact) mass is 493 g/mol. The number of aromatic nitrogens is 3. The minimum Gasteiger partial charge on any atom is -0.478 e. The summed E-state index contributed by atoms with van der Waals surface area (Å²) in [7, 11) is 2.89. The summed E-state index contributed by atoms with van der Waals surface area (Å²) in [6, 6.07) is 14.7. The van der Waals surface area contributed by atoms with Gasteiger partial charge in [-0.2, -0.15) is 23.7 Å². The molecule has 1 N–H and O–H groups in total. The van der Waals surface area contributed by atoms with Crippen molar-refractivity contribution in [3.8, 4) is 23.8 Å². The van der Waals surface area contributed by atoms with Crippen LogP contribution in [0.25, 0.3) is 10.9 Å². The maximum Gasteiger partial charge on any atom is 0.422 e. The van der Waals surface area contributed by atoms with Gasteiger partial charge in [-0.25, -0.2) is 9.97 Å². The molecule has 0 unspecified atom stereocenters. The number of hydrogen-bond acceptors (Lipinski definition) is 7. The van der Waals surface area contributed by atoms with Gasteiger partial charge >= 0.3 is 6.18 Å². The second kappa shape index (κ2) is 9.21. The Morgan fingerprint density at radius 2 is 1.75 bits per heavy atom. The number of hydrogen-bond donors (Lipinski definition) is 1. The summed E-state index contributed by atoms with van der Waals surface area (Å²) in [5, 5.41) is 31.3. The Morgan fingerprint density at radius 1 is 1.06 bits per heavy atom. The zero-order valence-electron chi connectivity index (χ0n) is 19.0. The van der Waals surface area contributed by atoms with Crippen LogP contribution in [0.3, 0.4) is 0 Å². The highest BCUT2D eigenvalue weighted by Gasteiger charge is 2.37. The van der Waals surface area contributed by atoms with Gasteiger partial charge in [0, 0.05) is 12.4 Å². The summed E-state index contributed by atoms with van der Waals surface area (Å²) >= 11 is 0. The van der Waals surface area contributed by atoms with E-state index in [0.29, 0.717) is 16.8 Å². The number of pyridine rings is 1. The standard InChI is InChI=1S/C25H18F3N5O3/c1-33-14-31-12-21(33)25(34,16-5-3-15(10-29)4-6-16)17-7-8-20-18(9-17)19(11-30)22(23(32-20)35-2)36-13-24(26,27)28/h3-9,12,14,34H,13H2,1-2H3/t25-/m0/s1. The van der Waals surface area contributed by atoms with E-state index in [-0.39, 0.29) is 27.9 Å². The molecule has 0 saturated heterocycles. The molecule has 11 heteroatoms. The lowest BCUT2D eigenvalue weighted by Crippen LogP contribution is -2.31. The molecule has 0 saturated carbocycles. The van der Waals surface area contributed by atoms with Gasteiger partial charge in [0.25, 0.3) is 5.88 Å². The lowest BCUT2D eigenvalue weighted by molar-refractivity contribution is -0.153. The van der Waals surface area contributed by atoms with E-state index in [1.807, 2.05) is 12.1 Å². The van der Waals surface area contributed by atoms with Crippen molar-refractivity contribution in [3.05, 3.63) is 82.9 Å². The highest BCUT2D eigenvalue weighted by Crippen LogP contribution is 2.41. The molecular weight excluding hydrogens is 475 g/mol. The number of nitrogens with zero attached hydrogens (tertiary/aromatic N) is 5. The first-order valence-corrected chi connectivity index (χ1v) is 10.4. The van der Waals surface area contributed by atoms with Crippen LogP contribution in [0.2, 0.25) is 0 Å². The fourth-order valence-corrected chi connectivity index (χ4v) is 3.94. The third kappa shape index (κ3) is 4.28. The van der Waals surface area contributed by atoms with Crippen LogP contribution in [0.15, 0.2) is 55.0 Å². The molecule has 2 aromatic heterocycles. The van der Waals surface area contributed by atoms with Crippen molar-refractivity contribution in [2.24, 2.45) is 7.05 Å². The molecule has 2 aromatic carbocycles. The minimum atomic E-state index is -4.65. The molecule has 182 valence electrons. The number of methoxy groups -OCH3 is 1. The molecule has 1 atom stereocenters. The first-order chi connectivity index (χ1) is 17.1. The van der Waals surface area contributed by atoms with Crippen LogP contribution in [0.5, 0.6) is 11.6 Å². The van der Waals surface area contributed by atoms with Crippen LogP contribution < -0.4 is 9.47 Å². The molecule has 0 aliphatic heterocycles. The van der Waals surface area contributed by atoms with Crippen molar-refractivity contribution in [1.82, 2.24) is 14.5 Å². The Balaban J connectivity index is 1.98. The quantitative estimate of drug-likeness (QED) is 0.432. The highest BCUT2D eigenvalue weighted by atomic mass is 19.4. The Morgan fingerprint density at radius 3 is 2.31 bits per heavy atom. The predicted molar refractivity (Wildman–Crippen MR) is 121 cm³/mol. The van der Waals surface area contributed by atoms with Crippen LogP contribution in [0, 0.1) is 22.7 Å². The number of alkyl halides is 3. The molecule has 0 aliphatic rings. The molecule has 0 amide bonds. The number of aliphatic hydroxyl groups is 1. The molecule has 0 fully saturated rings. The zero-order chi connectivity index (χ0) is 26.1. The Hall–Kier alpha value is -4.61. The predicted octanol–water partition coefficient (Wildman–Crippen LogP) is 3.95. The lowest BCUT2D eigenvalue weighted by Gasteiger charge is -2.30. The number of aryl methyl sites for hydroxylation is 1. The fraction of sp³-hybridized carbons (Fsp3) is 0.200. The van der Waals surface area contributed by atoms with Gasteiger partial charge in [-0.05, 0) is 35.4 Å². The molecule has 0 aliphatic carbocycles. The van der Waals surface area contributed by atoms with Gasteiger partial charge in [-0.15, -0.1) is 0 Å². The maximum absolute atomic E-state index is 12.9. The second-order valence-corrected chi connectivity index (χ2v) is 7.86. The Labute approximate surface area is 203 Å². The van der Waals surface area contributed by atoms with Crippen molar-refractivity contribution >= 4 is 10.9 Å². The van der Waals surface area contributed by atoms with Gasteiger partial charge in [0.15, 0.2) is 18.0 Å². The molecule has 2 heterocycles. The summed E-state index contributed by atoms with van der Waals surface area (Å²) < 4.78 is 50.2. The molecule has 4 aromatic rings. The van der Waals surface area contributed by atoms with Crippen LogP contribution in [-0.4, -0.2) is 39.5 Å². The topological polar surface area (TPSA) is 117 Å². The summed E-state index contributed by atoms with van der Waals surface area (Å²) in [6.07, 6.45) is -1.68. The average molecular weight is 493 g/mol. The lowest BCUT2D eigenvalue weighted by atomic mass is 9.82. The van der Waals surface area contributed by atoms with E-state index in [0.717, 1.165) is 0 Å². The Kier molecular flexibility index (Phi) is 6.27. The number of fused-ring (bicyclic) bond motifs is 1. The number of rotatable bonds is 6. The van der Waals surface area contributed by atoms with E-state index >= 15 is 0 Å². The largest absolute Gasteiger partial charge is 0.478 e. The third-order valence-electron chi connectivity index (χ3n) is 5.63. The third-order valence-corrected chi connectivity index (χ3v) is 5.63. The summed E-state index contributed by atoms with van der Waals surface area (Å²) in [5.74, 6) is -0.727. The van der Waals surface area contributed by atoms with Crippen LogP contribution >= 0.6 is 0 Å². The summed E-state index contributed by atoms with van der Waals surface area (Å²) in [5.41, 5.74) is -0.327. The van der Waals surface area contributed by atoms with Gasteiger partial charge in [0.05, 0.1) is 42.5 Å². The van der Waals surface area contributed by atoms with Gasteiger partial charge in [0.2, 0.25) is 0 Å². The highest BCUT2D eigenvalue weighted by molar-refractivity contribution is 5.89. The minimum absolute atomic E-state index is 0.155. The fourth-order valence-electron chi connectivity index (χ4n) is 3.94. The molecule has 8 nitrogen and oxygen atoms in total. The van der Waals surface area contributed by atoms with Crippen molar-refractivity contribution in [2.75, 3.05) is 13.7 Å². The number of ether oxygens (including phenoxy) is 2. The molecular formula is C25H18F3N5O3. The van der Waals surface area contributed by atoms with E-state index in [2.05, 4.69) is 9.97 Å². The first kappa shape index (κ1) is 24.5. The Bertz CT molecular complexity index is 1520. The second-order valence-electron chi connectivity index (χ2n) is 7.86. The molecule has 4 rings (SSSR count). The van der Waals surface area contributed by atoms with E-state index < -0.39 is 24.1 Å². The van der Waals surface area contributed by atoms with Crippen molar-refractivity contribution < 1.29 is 27.8 Å². The van der Waals surface area contributed by atoms with E-state index in [1.165, 1.54) is 31.8 Å². The van der Waals surface area contributed by atoms with E-state index in [1.54, 1.807) is 41.9 Å². The maximum atomic E-state index is 12.9. The molecule has 0 spiro atoms. The number of benzene rings is 2. The SMILES string of the molecule is COc1nc2ccc([C@@](O)(c3ccc(C#N)cc3)c3cncn3C)cc2c(C#N)c1OCC(F)(F)F. The molecule has 0 bridgehead atoms. The van der Waals surface area contributed by atoms with Gasteiger partial charge in [0.1, 0.15) is 11.6 Å². The normalized spacial score (nSPS) is 13.0. The summed E-state index contributed by atoms with van der Waals surface area (Å²) in [4.78, 5) is 8.30. The van der Waals surface area contributed by atoms with Crippen LogP contribution in [-0.2, 0) is 12.6 Å². The van der Waals surface area contributed by atoms with E-state index in [4.69, 9.17) is 14.7 Å². The smallest absolute Gasteiger partial charge is 0.422 e. The van der Waals surface area contributed by atoms with Gasteiger partial charge in [-0.1, -0.05) is 18.2 Å². The van der Waals surface area contributed by atoms with Crippen molar-refractivity contribution in [3.63, 3.8) is 0 Å². The number of nitriles is 2. The molecule has 36 heavy (non-hydrogen) atoms. The first-order valence-electron chi connectivity index (χ1n) is 10.4. The van der Waals surface area contributed by atoms with Crippen molar-refractivity contribution in [1.29, 1.82) is 10.5 Å². The van der Waals surface area contributed by atoms with Crippen molar-refractivity contribution in [2.45, 2.75) is 11.8 Å². The number of imidazole rings is 1. The zero-order valence-corrected chi connectivity index (χ0v) is 19.0. The average Bonchev–Trinajstić information content (AvgIpc) is 3.31. The van der Waals surface area contributed by atoms with Crippen LogP contribution in [0.1, 0.15) is 27.9 Å².